The number of hydrogen-bond donors (Lipinski definition) is 1. The van der Waals surface area contributed by atoms with Gasteiger partial charge in [-0.25, -0.2) is 4.79 Å². The van der Waals surface area contributed by atoms with Crippen molar-refractivity contribution >= 4 is 52.8 Å². The van der Waals surface area contributed by atoms with Crippen LogP contribution in [0.1, 0.15) is 32.5 Å². The first-order chi connectivity index (χ1) is 13.4. The number of nitrogens with zero attached hydrogens (tertiary/aromatic N) is 1. The number of amides is 1. The van der Waals surface area contributed by atoms with Gasteiger partial charge in [0, 0.05) is 16.3 Å². The van der Waals surface area contributed by atoms with Crippen molar-refractivity contribution in [1.29, 1.82) is 0 Å². The number of rotatable bonds is 5. The van der Waals surface area contributed by atoms with Crippen LogP contribution in [-0.4, -0.2) is 23.1 Å². The molecule has 0 atom stereocenters. The molecule has 1 amide bonds. The molecule has 0 aliphatic rings. The fourth-order valence-corrected chi connectivity index (χ4v) is 3.95. The van der Waals surface area contributed by atoms with Gasteiger partial charge in [0.2, 0.25) is 0 Å². The van der Waals surface area contributed by atoms with Gasteiger partial charge in [0.25, 0.3) is 5.91 Å². The summed E-state index contributed by atoms with van der Waals surface area (Å²) in [5.74, 6) is -0.621. The first-order valence-electron chi connectivity index (χ1n) is 8.47. The zero-order chi connectivity index (χ0) is 20.3. The average Bonchev–Trinajstić information content (AvgIpc) is 2.99. The Morgan fingerprint density at radius 3 is 2.39 bits per heavy atom. The maximum Gasteiger partial charge on any atom is 0.352 e. The van der Waals surface area contributed by atoms with Crippen LogP contribution in [0, 0.1) is 10.9 Å². The van der Waals surface area contributed by atoms with Crippen molar-refractivity contribution < 1.29 is 14.3 Å². The third-order valence-electron chi connectivity index (χ3n) is 3.90. The van der Waals surface area contributed by atoms with Gasteiger partial charge >= 0.3 is 5.97 Å². The minimum Gasteiger partial charge on any atom is -0.462 e. The van der Waals surface area contributed by atoms with E-state index >= 15 is 0 Å². The van der Waals surface area contributed by atoms with Crippen LogP contribution in [0.4, 0.5) is 5.82 Å². The molecule has 8 heteroatoms. The minimum absolute atomic E-state index is 0.221. The van der Waals surface area contributed by atoms with Gasteiger partial charge in [-0.2, -0.15) is 0 Å². The smallest absolute Gasteiger partial charge is 0.352 e. The van der Waals surface area contributed by atoms with Crippen LogP contribution in [0.5, 0.6) is 0 Å². The molecule has 1 N–H and O–H groups in total. The maximum atomic E-state index is 12.8. The second kappa shape index (κ2) is 8.68. The summed E-state index contributed by atoms with van der Waals surface area (Å²) < 4.78 is 7.23. The van der Waals surface area contributed by atoms with E-state index in [1.54, 1.807) is 35.8 Å². The first-order valence-corrected chi connectivity index (χ1v) is 10.1. The van der Waals surface area contributed by atoms with E-state index in [0.29, 0.717) is 14.5 Å². The number of carbonyl (C=O) groups is 2. The summed E-state index contributed by atoms with van der Waals surface area (Å²) >= 11 is 12.5. The lowest BCUT2D eigenvalue weighted by molar-refractivity contribution is 0.0533. The highest BCUT2D eigenvalue weighted by atomic mass is 35.5. The summed E-state index contributed by atoms with van der Waals surface area (Å²) in [5.41, 5.74) is 2.24. The summed E-state index contributed by atoms with van der Waals surface area (Å²) in [6.07, 6.45) is 0. The molecule has 3 aromatic rings. The van der Waals surface area contributed by atoms with Crippen molar-refractivity contribution in [1.82, 2.24) is 4.57 Å². The molecule has 0 saturated carbocycles. The third-order valence-corrected chi connectivity index (χ3v) is 5.51. The van der Waals surface area contributed by atoms with Crippen molar-refractivity contribution in [3.05, 3.63) is 73.5 Å². The number of thiazole rings is 1. The highest BCUT2D eigenvalue weighted by Crippen LogP contribution is 2.30. The molecule has 0 spiro atoms. The monoisotopic (exact) mass is 432 g/mol. The number of benzene rings is 2. The zero-order valence-corrected chi connectivity index (χ0v) is 17.6. The second-order valence-corrected chi connectivity index (χ2v) is 7.98. The average molecular weight is 433 g/mol. The van der Waals surface area contributed by atoms with Gasteiger partial charge in [-0.15, -0.1) is 0 Å². The third kappa shape index (κ3) is 4.32. The predicted octanol–water partition coefficient (Wildman–Crippen LogP) is 5.66. The first kappa shape index (κ1) is 20.3. The molecule has 0 bridgehead atoms. The lowest BCUT2D eigenvalue weighted by Crippen LogP contribution is -2.17. The van der Waals surface area contributed by atoms with E-state index < -0.39 is 5.97 Å². The molecule has 5 nitrogen and oxygen atoms in total. The molecule has 1 heterocycles. The van der Waals surface area contributed by atoms with Crippen LogP contribution in [0.2, 0.25) is 5.02 Å². The number of anilines is 1. The molecular weight excluding hydrogens is 416 g/mol. The molecule has 0 saturated heterocycles. The number of nitrogens with one attached hydrogen (secondary N) is 1. The lowest BCUT2D eigenvalue weighted by atomic mass is 10.2. The van der Waals surface area contributed by atoms with E-state index in [0.717, 1.165) is 22.6 Å². The zero-order valence-electron chi connectivity index (χ0n) is 15.2. The van der Waals surface area contributed by atoms with Crippen molar-refractivity contribution in [3.63, 3.8) is 0 Å². The van der Waals surface area contributed by atoms with Gasteiger partial charge in [-0.1, -0.05) is 40.6 Å². The summed E-state index contributed by atoms with van der Waals surface area (Å²) in [4.78, 5) is 25.4. The SMILES string of the molecule is CCOC(=O)c1sc(=S)n(-c2ccc(C)cc2)c1NC(=O)c1ccc(Cl)cc1. The van der Waals surface area contributed by atoms with E-state index in [1.165, 1.54) is 0 Å². The summed E-state index contributed by atoms with van der Waals surface area (Å²) in [7, 11) is 0. The van der Waals surface area contributed by atoms with Crippen molar-refractivity contribution in [2.45, 2.75) is 13.8 Å². The summed E-state index contributed by atoms with van der Waals surface area (Å²) in [6.45, 7) is 3.92. The molecule has 28 heavy (non-hydrogen) atoms. The molecule has 2 aromatic carbocycles. The predicted molar refractivity (Wildman–Crippen MR) is 115 cm³/mol. The Labute approximate surface area is 176 Å². The molecule has 0 radical (unpaired) electrons. The number of ether oxygens (including phenoxy) is 1. The molecule has 0 aliphatic heterocycles. The van der Waals surface area contributed by atoms with Gasteiger partial charge in [-0.05, 0) is 62.5 Å². The topological polar surface area (TPSA) is 60.3 Å². The fraction of sp³-hybridized carbons (Fsp3) is 0.150. The fourth-order valence-electron chi connectivity index (χ4n) is 2.53. The number of carbonyl (C=O) groups excluding carboxylic acids is 2. The quantitative estimate of drug-likeness (QED) is 0.417. The van der Waals surface area contributed by atoms with Crippen LogP contribution < -0.4 is 5.32 Å². The number of halogens is 1. The van der Waals surface area contributed by atoms with E-state index in [1.807, 2.05) is 31.2 Å². The Balaban J connectivity index is 2.08. The standard InChI is InChI=1S/C20H17ClN2O3S2/c1-3-26-19(25)16-17(22-18(24)13-6-8-14(21)9-7-13)23(20(27)28-16)15-10-4-12(2)5-11-15/h4-11H,3H2,1-2H3,(H,22,24). The largest absolute Gasteiger partial charge is 0.462 e. The van der Waals surface area contributed by atoms with Crippen LogP contribution >= 0.6 is 35.2 Å². The molecule has 3 rings (SSSR count). The van der Waals surface area contributed by atoms with Crippen LogP contribution in [0.15, 0.2) is 48.5 Å². The normalized spacial score (nSPS) is 10.5. The summed E-state index contributed by atoms with van der Waals surface area (Å²) in [5, 5.41) is 3.34. The van der Waals surface area contributed by atoms with Gasteiger partial charge in [0.15, 0.2) is 8.83 Å². The molecule has 0 fully saturated rings. The minimum atomic E-state index is -0.532. The van der Waals surface area contributed by atoms with E-state index in [2.05, 4.69) is 5.32 Å². The Hall–Kier alpha value is -2.48. The van der Waals surface area contributed by atoms with Gasteiger partial charge in [0.05, 0.1) is 6.61 Å². The Morgan fingerprint density at radius 1 is 1.14 bits per heavy atom. The van der Waals surface area contributed by atoms with E-state index in [9.17, 15) is 9.59 Å². The number of esters is 1. The van der Waals surface area contributed by atoms with Gasteiger partial charge < -0.3 is 10.1 Å². The second-order valence-electron chi connectivity index (χ2n) is 5.90. The highest BCUT2D eigenvalue weighted by Gasteiger charge is 2.23. The Bertz CT molecular complexity index is 1070. The van der Waals surface area contributed by atoms with Crippen molar-refractivity contribution in [2.75, 3.05) is 11.9 Å². The molecule has 1 aromatic heterocycles. The maximum absolute atomic E-state index is 12.8. The van der Waals surface area contributed by atoms with Crippen molar-refractivity contribution in [3.8, 4) is 5.69 Å². The molecule has 0 unspecified atom stereocenters. The molecule has 144 valence electrons. The Morgan fingerprint density at radius 2 is 1.79 bits per heavy atom. The Kier molecular flexibility index (Phi) is 6.28. The van der Waals surface area contributed by atoms with Crippen LogP contribution in [-0.2, 0) is 4.74 Å². The lowest BCUT2D eigenvalue weighted by Gasteiger charge is -2.12. The molecular formula is C20H17ClN2O3S2. The van der Waals surface area contributed by atoms with Crippen LogP contribution in [0.3, 0.4) is 0 Å². The van der Waals surface area contributed by atoms with Gasteiger partial charge in [0.1, 0.15) is 5.82 Å². The number of hydrogen-bond acceptors (Lipinski definition) is 5. The van der Waals surface area contributed by atoms with E-state index in [4.69, 9.17) is 28.6 Å². The van der Waals surface area contributed by atoms with Crippen LogP contribution in [0.25, 0.3) is 5.69 Å². The number of aromatic nitrogens is 1. The van der Waals surface area contributed by atoms with Gasteiger partial charge in [-0.3, -0.25) is 9.36 Å². The highest BCUT2D eigenvalue weighted by molar-refractivity contribution is 7.73. The van der Waals surface area contributed by atoms with Crippen molar-refractivity contribution in [2.24, 2.45) is 0 Å². The van der Waals surface area contributed by atoms with E-state index in [-0.39, 0.29) is 23.2 Å². The molecule has 0 aliphatic carbocycles. The summed E-state index contributed by atoms with van der Waals surface area (Å²) in [6, 6.07) is 14.1. The number of aryl methyl sites for hydroxylation is 1.